The van der Waals surface area contributed by atoms with Crippen LogP contribution in [0.5, 0.6) is 5.75 Å². The van der Waals surface area contributed by atoms with Gasteiger partial charge in [-0.15, -0.1) is 0 Å². The zero-order valence-corrected chi connectivity index (χ0v) is 10.6. The minimum Gasteiger partial charge on any atom is -0.494 e. The Morgan fingerprint density at radius 2 is 2.12 bits per heavy atom. The Balaban J connectivity index is 2.80. The number of ether oxygens (including phenoxy) is 2. The lowest BCUT2D eigenvalue weighted by atomic mass is 9.94. The van der Waals surface area contributed by atoms with Crippen molar-refractivity contribution in [3.05, 3.63) is 29.6 Å². The molecule has 0 aliphatic rings. The predicted molar refractivity (Wildman–Crippen MR) is 65.7 cm³/mol. The summed E-state index contributed by atoms with van der Waals surface area (Å²) in [6, 6.07) is 5.07. The summed E-state index contributed by atoms with van der Waals surface area (Å²) in [4.78, 5) is 0. The van der Waals surface area contributed by atoms with Crippen molar-refractivity contribution in [2.24, 2.45) is 5.73 Å². The highest BCUT2D eigenvalue weighted by Gasteiger charge is 2.22. The van der Waals surface area contributed by atoms with Gasteiger partial charge in [-0.2, -0.15) is 0 Å². The molecule has 2 N–H and O–H groups in total. The minimum atomic E-state index is -0.580. The van der Waals surface area contributed by atoms with Gasteiger partial charge in [0.05, 0.1) is 13.7 Å². The topological polar surface area (TPSA) is 44.5 Å². The van der Waals surface area contributed by atoms with E-state index in [0.717, 1.165) is 0 Å². The Morgan fingerprint density at radius 3 is 2.71 bits per heavy atom. The number of hydrogen-bond donors (Lipinski definition) is 1. The lowest BCUT2D eigenvalue weighted by molar-refractivity contribution is 0.101. The van der Waals surface area contributed by atoms with Crippen LogP contribution >= 0.6 is 0 Å². The van der Waals surface area contributed by atoms with Crippen LogP contribution in [0.3, 0.4) is 0 Å². The number of nitrogens with two attached hydrogens (primary N) is 1. The van der Waals surface area contributed by atoms with Gasteiger partial charge in [-0.3, -0.25) is 0 Å². The summed E-state index contributed by atoms with van der Waals surface area (Å²) < 4.78 is 24.1. The van der Waals surface area contributed by atoms with Crippen molar-refractivity contribution in [2.45, 2.75) is 25.8 Å². The Bertz CT molecular complexity index is 366. The maximum Gasteiger partial charge on any atom is 0.168 e. The second-order valence-corrected chi connectivity index (χ2v) is 4.40. The zero-order chi connectivity index (χ0) is 12.9. The molecule has 96 valence electrons. The Morgan fingerprint density at radius 1 is 1.41 bits per heavy atom. The van der Waals surface area contributed by atoms with Crippen LogP contribution in [0.25, 0.3) is 0 Å². The molecular formula is C13H20FNO2. The average Bonchev–Trinajstić information content (AvgIpc) is 2.29. The molecule has 1 aromatic carbocycles. The number of benzene rings is 1. The van der Waals surface area contributed by atoms with Gasteiger partial charge in [-0.05, 0) is 31.9 Å². The molecule has 4 heteroatoms. The van der Waals surface area contributed by atoms with Gasteiger partial charge in [0.15, 0.2) is 11.6 Å². The van der Waals surface area contributed by atoms with Crippen molar-refractivity contribution < 1.29 is 13.9 Å². The third kappa shape index (κ3) is 3.98. The van der Waals surface area contributed by atoms with Gasteiger partial charge >= 0.3 is 0 Å². The first-order valence-electron chi connectivity index (χ1n) is 5.68. The molecular weight excluding hydrogens is 221 g/mol. The first-order valence-corrected chi connectivity index (χ1v) is 5.68. The summed E-state index contributed by atoms with van der Waals surface area (Å²) in [6.45, 7) is 4.76. The van der Waals surface area contributed by atoms with E-state index in [1.165, 1.54) is 7.11 Å². The molecule has 1 aromatic rings. The standard InChI is InChI=1S/C13H20FNO2/c1-4-17-9-13(2,15)8-10-6-5-7-11(16-3)12(10)14/h5-7H,4,8-9,15H2,1-3H3. The van der Waals surface area contributed by atoms with Gasteiger partial charge in [0, 0.05) is 12.1 Å². The van der Waals surface area contributed by atoms with E-state index in [4.69, 9.17) is 15.2 Å². The van der Waals surface area contributed by atoms with E-state index < -0.39 is 5.54 Å². The average molecular weight is 241 g/mol. The maximum absolute atomic E-state index is 13.9. The van der Waals surface area contributed by atoms with Crippen LogP contribution in [0.1, 0.15) is 19.4 Å². The summed E-state index contributed by atoms with van der Waals surface area (Å²) in [7, 11) is 1.45. The molecule has 17 heavy (non-hydrogen) atoms. The molecule has 0 heterocycles. The number of rotatable bonds is 6. The summed E-state index contributed by atoms with van der Waals surface area (Å²) in [5, 5.41) is 0. The largest absolute Gasteiger partial charge is 0.494 e. The van der Waals surface area contributed by atoms with E-state index in [9.17, 15) is 4.39 Å². The molecule has 1 atom stereocenters. The molecule has 0 amide bonds. The van der Waals surface area contributed by atoms with Crippen molar-refractivity contribution in [3.8, 4) is 5.75 Å². The van der Waals surface area contributed by atoms with Gasteiger partial charge < -0.3 is 15.2 Å². The van der Waals surface area contributed by atoms with E-state index in [-0.39, 0.29) is 11.6 Å². The minimum absolute atomic E-state index is 0.245. The Labute approximate surface area is 102 Å². The first-order chi connectivity index (χ1) is 8.00. The van der Waals surface area contributed by atoms with Crippen LogP contribution < -0.4 is 10.5 Å². The fourth-order valence-corrected chi connectivity index (χ4v) is 1.67. The maximum atomic E-state index is 13.9. The molecule has 0 aromatic heterocycles. The fourth-order valence-electron chi connectivity index (χ4n) is 1.67. The van der Waals surface area contributed by atoms with Gasteiger partial charge in [-0.25, -0.2) is 4.39 Å². The molecule has 0 spiro atoms. The van der Waals surface area contributed by atoms with Gasteiger partial charge in [0.2, 0.25) is 0 Å². The second-order valence-electron chi connectivity index (χ2n) is 4.40. The third-order valence-corrected chi connectivity index (χ3v) is 2.49. The third-order valence-electron chi connectivity index (χ3n) is 2.49. The second kappa shape index (κ2) is 5.98. The Hall–Kier alpha value is -1.13. The van der Waals surface area contributed by atoms with E-state index in [1.807, 2.05) is 13.8 Å². The van der Waals surface area contributed by atoms with Crippen LogP contribution in [-0.2, 0) is 11.2 Å². The molecule has 3 nitrogen and oxygen atoms in total. The molecule has 0 aliphatic heterocycles. The Kier molecular flexibility index (Phi) is 4.90. The van der Waals surface area contributed by atoms with Crippen LogP contribution in [0.2, 0.25) is 0 Å². The molecule has 0 saturated heterocycles. The number of halogens is 1. The van der Waals surface area contributed by atoms with Crippen molar-refractivity contribution >= 4 is 0 Å². The quantitative estimate of drug-likeness (QED) is 0.829. The smallest absolute Gasteiger partial charge is 0.168 e. The normalized spacial score (nSPS) is 14.4. The highest BCUT2D eigenvalue weighted by atomic mass is 19.1. The lowest BCUT2D eigenvalue weighted by Crippen LogP contribution is -2.43. The van der Waals surface area contributed by atoms with E-state index in [0.29, 0.717) is 25.2 Å². The number of hydrogen-bond acceptors (Lipinski definition) is 3. The molecule has 1 rings (SSSR count). The monoisotopic (exact) mass is 241 g/mol. The summed E-state index contributed by atoms with van der Waals surface area (Å²) in [6.07, 6.45) is 0.413. The van der Waals surface area contributed by atoms with Gasteiger partial charge in [0.25, 0.3) is 0 Å². The van der Waals surface area contributed by atoms with Crippen LogP contribution in [0.4, 0.5) is 4.39 Å². The zero-order valence-electron chi connectivity index (χ0n) is 10.6. The molecule has 0 bridgehead atoms. The first kappa shape index (κ1) is 13.9. The van der Waals surface area contributed by atoms with Gasteiger partial charge in [0.1, 0.15) is 0 Å². The molecule has 0 fully saturated rings. The molecule has 0 aliphatic carbocycles. The van der Waals surface area contributed by atoms with Crippen LogP contribution in [-0.4, -0.2) is 25.9 Å². The lowest BCUT2D eigenvalue weighted by Gasteiger charge is -2.24. The van der Waals surface area contributed by atoms with Crippen molar-refractivity contribution in [1.29, 1.82) is 0 Å². The predicted octanol–water partition coefficient (Wildman–Crippen LogP) is 2.13. The highest BCUT2D eigenvalue weighted by Crippen LogP contribution is 2.22. The summed E-state index contributed by atoms with van der Waals surface area (Å²) in [5.74, 6) is -0.0992. The van der Waals surface area contributed by atoms with E-state index >= 15 is 0 Å². The molecule has 0 saturated carbocycles. The summed E-state index contributed by atoms with van der Waals surface area (Å²) in [5.41, 5.74) is 6.03. The SMILES string of the molecule is CCOCC(C)(N)Cc1cccc(OC)c1F. The van der Waals surface area contributed by atoms with Crippen molar-refractivity contribution in [2.75, 3.05) is 20.3 Å². The summed E-state index contributed by atoms with van der Waals surface area (Å²) >= 11 is 0. The van der Waals surface area contributed by atoms with Gasteiger partial charge in [-0.1, -0.05) is 12.1 Å². The van der Waals surface area contributed by atoms with E-state index in [1.54, 1.807) is 18.2 Å². The molecule has 1 unspecified atom stereocenters. The highest BCUT2D eigenvalue weighted by molar-refractivity contribution is 5.32. The van der Waals surface area contributed by atoms with E-state index in [2.05, 4.69) is 0 Å². The van der Waals surface area contributed by atoms with Crippen LogP contribution in [0.15, 0.2) is 18.2 Å². The number of methoxy groups -OCH3 is 1. The van der Waals surface area contributed by atoms with Crippen LogP contribution in [0, 0.1) is 5.82 Å². The fraction of sp³-hybridized carbons (Fsp3) is 0.538. The van der Waals surface area contributed by atoms with Crippen molar-refractivity contribution in [3.63, 3.8) is 0 Å². The molecule has 0 radical (unpaired) electrons. The van der Waals surface area contributed by atoms with Crippen molar-refractivity contribution in [1.82, 2.24) is 0 Å².